The maximum Gasteiger partial charge on any atom is 0.251 e. The molecule has 2 atom stereocenters. The Morgan fingerprint density at radius 3 is 2.71 bits per heavy atom. The second-order valence-corrected chi connectivity index (χ2v) is 6.95. The minimum atomic E-state index is -0.176. The van der Waals surface area contributed by atoms with Crippen LogP contribution >= 0.6 is 0 Å². The molecule has 1 aromatic carbocycles. The van der Waals surface area contributed by atoms with E-state index >= 15 is 0 Å². The number of nitrogens with zero attached hydrogens (tertiary/aromatic N) is 2. The van der Waals surface area contributed by atoms with E-state index in [2.05, 4.69) is 20.5 Å². The molecular weight excluding hydrogens is 360 g/mol. The third kappa shape index (κ3) is 5.59. The van der Waals surface area contributed by atoms with Crippen molar-refractivity contribution in [2.45, 2.75) is 32.0 Å². The van der Waals surface area contributed by atoms with Gasteiger partial charge in [-0.2, -0.15) is 0 Å². The monoisotopic (exact) mass is 390 g/mol. The number of hydrogen-bond donors (Lipinski definition) is 3. The summed E-state index contributed by atoms with van der Waals surface area (Å²) >= 11 is 0. The Balaban J connectivity index is 1.50. The van der Waals surface area contributed by atoms with Gasteiger partial charge in [0.25, 0.3) is 5.91 Å². The SMILES string of the molecule is CCNC(=NCCNC(=O)c1ccc(O)cc1)N1CCOC(C2CCCO2)C1. The summed E-state index contributed by atoms with van der Waals surface area (Å²) in [6.07, 6.45) is 2.40. The van der Waals surface area contributed by atoms with Gasteiger partial charge in [-0.25, -0.2) is 0 Å². The zero-order chi connectivity index (χ0) is 19.8. The Kier molecular flexibility index (Phi) is 7.50. The van der Waals surface area contributed by atoms with Crippen molar-refractivity contribution < 1.29 is 19.4 Å². The number of carbonyl (C=O) groups is 1. The fraction of sp³-hybridized carbons (Fsp3) is 0.600. The number of carbonyl (C=O) groups excluding carboxylic acids is 1. The van der Waals surface area contributed by atoms with Gasteiger partial charge in [-0.3, -0.25) is 9.79 Å². The third-order valence-electron chi connectivity index (χ3n) is 4.90. The minimum Gasteiger partial charge on any atom is -0.508 e. The Morgan fingerprint density at radius 1 is 1.21 bits per heavy atom. The van der Waals surface area contributed by atoms with Crippen LogP contribution in [0.15, 0.2) is 29.3 Å². The van der Waals surface area contributed by atoms with Crippen LogP contribution < -0.4 is 10.6 Å². The van der Waals surface area contributed by atoms with Crippen LogP contribution in [0.3, 0.4) is 0 Å². The molecule has 3 rings (SSSR count). The number of aliphatic imine (C=N–C) groups is 1. The largest absolute Gasteiger partial charge is 0.508 e. The molecule has 8 heteroatoms. The van der Waals surface area contributed by atoms with Crippen LogP contribution in [0.2, 0.25) is 0 Å². The standard InChI is InChI=1S/C20H30N4O4/c1-2-21-20(24-11-13-28-18(14-24)17-4-3-12-27-17)23-10-9-22-19(26)15-5-7-16(25)8-6-15/h5-8,17-18,25H,2-4,9-14H2,1H3,(H,21,23)(H,22,26). The molecule has 1 aromatic rings. The lowest BCUT2D eigenvalue weighted by molar-refractivity contribution is -0.0817. The van der Waals surface area contributed by atoms with E-state index in [-0.39, 0.29) is 23.9 Å². The molecule has 2 fully saturated rings. The summed E-state index contributed by atoms with van der Waals surface area (Å²) in [5.74, 6) is 0.806. The predicted octanol–water partition coefficient (Wildman–Crippen LogP) is 0.967. The molecule has 2 aliphatic heterocycles. The maximum atomic E-state index is 12.1. The normalized spacial score (nSPS) is 22.9. The number of ether oxygens (including phenoxy) is 2. The van der Waals surface area contributed by atoms with Gasteiger partial charge in [0.1, 0.15) is 11.9 Å². The minimum absolute atomic E-state index is 0.0781. The molecule has 0 bridgehead atoms. The van der Waals surface area contributed by atoms with E-state index in [1.54, 1.807) is 12.1 Å². The number of rotatable bonds is 6. The first-order valence-corrected chi connectivity index (χ1v) is 10.0. The first-order chi connectivity index (χ1) is 13.7. The number of nitrogens with one attached hydrogen (secondary N) is 2. The van der Waals surface area contributed by atoms with E-state index in [9.17, 15) is 9.90 Å². The van der Waals surface area contributed by atoms with E-state index in [4.69, 9.17) is 9.47 Å². The van der Waals surface area contributed by atoms with E-state index in [0.29, 0.717) is 25.3 Å². The molecule has 2 heterocycles. The summed E-state index contributed by atoms with van der Waals surface area (Å²) in [5, 5.41) is 15.5. The lowest BCUT2D eigenvalue weighted by atomic mass is 10.1. The fourth-order valence-electron chi connectivity index (χ4n) is 3.46. The van der Waals surface area contributed by atoms with Crippen LogP contribution in [0, 0.1) is 0 Å². The highest BCUT2D eigenvalue weighted by Crippen LogP contribution is 2.21. The Hall–Kier alpha value is -2.32. The van der Waals surface area contributed by atoms with Crippen LogP contribution in [0.4, 0.5) is 0 Å². The Morgan fingerprint density at radius 2 is 2.00 bits per heavy atom. The van der Waals surface area contributed by atoms with E-state index in [0.717, 1.165) is 45.0 Å². The second-order valence-electron chi connectivity index (χ2n) is 6.95. The molecule has 2 aliphatic rings. The molecule has 28 heavy (non-hydrogen) atoms. The summed E-state index contributed by atoms with van der Waals surface area (Å²) in [5.41, 5.74) is 0.515. The topological polar surface area (TPSA) is 95.4 Å². The number of aromatic hydroxyl groups is 1. The number of amides is 1. The quantitative estimate of drug-likeness (QED) is 0.381. The summed E-state index contributed by atoms with van der Waals surface area (Å²) in [6, 6.07) is 6.19. The van der Waals surface area contributed by atoms with Gasteiger partial charge >= 0.3 is 0 Å². The van der Waals surface area contributed by atoms with Crippen molar-refractivity contribution in [1.29, 1.82) is 0 Å². The first kappa shape index (κ1) is 20.4. The molecule has 0 aliphatic carbocycles. The van der Waals surface area contributed by atoms with Crippen LogP contribution in [0.25, 0.3) is 0 Å². The van der Waals surface area contributed by atoms with E-state index in [1.807, 2.05) is 6.92 Å². The second kappa shape index (κ2) is 10.3. The van der Waals surface area contributed by atoms with Crippen LogP contribution in [0.5, 0.6) is 5.75 Å². The zero-order valence-corrected chi connectivity index (χ0v) is 16.4. The van der Waals surface area contributed by atoms with Gasteiger partial charge in [0.2, 0.25) is 0 Å². The van der Waals surface area contributed by atoms with Gasteiger partial charge in [-0.15, -0.1) is 0 Å². The lowest BCUT2D eigenvalue weighted by Crippen LogP contribution is -2.53. The molecule has 154 valence electrons. The van der Waals surface area contributed by atoms with E-state index in [1.165, 1.54) is 12.1 Å². The maximum absolute atomic E-state index is 12.1. The Bertz CT molecular complexity index is 659. The number of hydrogen-bond acceptors (Lipinski definition) is 5. The average molecular weight is 390 g/mol. The van der Waals surface area contributed by atoms with Crippen molar-refractivity contribution in [3.63, 3.8) is 0 Å². The summed E-state index contributed by atoms with van der Waals surface area (Å²) in [6.45, 7) is 6.76. The smallest absolute Gasteiger partial charge is 0.251 e. The van der Waals surface area contributed by atoms with Gasteiger partial charge in [0, 0.05) is 38.3 Å². The number of phenols is 1. The average Bonchev–Trinajstić information content (AvgIpc) is 3.26. The van der Waals surface area contributed by atoms with Crippen molar-refractivity contribution in [2.75, 3.05) is 45.9 Å². The molecule has 8 nitrogen and oxygen atoms in total. The molecule has 2 saturated heterocycles. The molecule has 2 unspecified atom stereocenters. The van der Waals surface area contributed by atoms with E-state index < -0.39 is 0 Å². The molecular formula is C20H30N4O4. The summed E-state index contributed by atoms with van der Waals surface area (Å²) in [7, 11) is 0. The van der Waals surface area contributed by atoms with Crippen LogP contribution in [-0.2, 0) is 9.47 Å². The fourth-order valence-corrected chi connectivity index (χ4v) is 3.46. The predicted molar refractivity (Wildman–Crippen MR) is 107 cm³/mol. The van der Waals surface area contributed by atoms with Crippen molar-refractivity contribution in [1.82, 2.24) is 15.5 Å². The first-order valence-electron chi connectivity index (χ1n) is 10.0. The lowest BCUT2D eigenvalue weighted by Gasteiger charge is -2.37. The molecule has 0 saturated carbocycles. The highest BCUT2D eigenvalue weighted by atomic mass is 16.5. The van der Waals surface area contributed by atoms with Crippen molar-refractivity contribution in [3.05, 3.63) is 29.8 Å². The van der Waals surface area contributed by atoms with Crippen LogP contribution in [0.1, 0.15) is 30.1 Å². The van der Waals surface area contributed by atoms with Gasteiger partial charge < -0.3 is 30.1 Å². The van der Waals surface area contributed by atoms with Crippen molar-refractivity contribution in [2.24, 2.45) is 4.99 Å². The van der Waals surface area contributed by atoms with Gasteiger partial charge in [0.05, 0.1) is 19.3 Å². The number of phenolic OH excluding ortho intramolecular Hbond substituents is 1. The summed E-state index contributed by atoms with van der Waals surface area (Å²) in [4.78, 5) is 19.0. The van der Waals surface area contributed by atoms with Gasteiger partial charge in [0.15, 0.2) is 5.96 Å². The van der Waals surface area contributed by atoms with Crippen LogP contribution in [-0.4, -0.2) is 80.0 Å². The molecule has 0 spiro atoms. The van der Waals surface area contributed by atoms with Gasteiger partial charge in [-0.1, -0.05) is 0 Å². The van der Waals surface area contributed by atoms with Crippen molar-refractivity contribution >= 4 is 11.9 Å². The number of morpholine rings is 1. The zero-order valence-electron chi connectivity index (χ0n) is 16.4. The third-order valence-corrected chi connectivity index (χ3v) is 4.90. The molecule has 1 amide bonds. The number of guanidine groups is 1. The van der Waals surface area contributed by atoms with Gasteiger partial charge in [-0.05, 0) is 44.0 Å². The Labute approximate surface area is 165 Å². The summed E-state index contributed by atoms with van der Waals surface area (Å²) < 4.78 is 11.7. The highest BCUT2D eigenvalue weighted by Gasteiger charge is 2.32. The molecule has 3 N–H and O–H groups in total. The van der Waals surface area contributed by atoms with Crippen molar-refractivity contribution in [3.8, 4) is 5.75 Å². The number of benzene rings is 1. The molecule has 0 aromatic heterocycles. The molecule has 0 radical (unpaired) electrons. The highest BCUT2D eigenvalue weighted by molar-refractivity contribution is 5.94.